The molecule has 0 saturated heterocycles. The minimum absolute atomic E-state index is 0.201. The maximum atomic E-state index is 12.7. The Morgan fingerprint density at radius 2 is 1.71 bits per heavy atom. The van der Waals surface area contributed by atoms with Gasteiger partial charge in [-0.15, -0.1) is 4.91 Å². The average Bonchev–Trinajstić information content (AvgIpc) is 3.16. The van der Waals surface area contributed by atoms with Crippen molar-refractivity contribution in [3.63, 3.8) is 0 Å². The van der Waals surface area contributed by atoms with Gasteiger partial charge in [-0.2, -0.15) is 0 Å². The van der Waals surface area contributed by atoms with Crippen molar-refractivity contribution in [2.45, 2.75) is 27.2 Å². The maximum absolute atomic E-state index is 12.7. The van der Waals surface area contributed by atoms with E-state index in [0.29, 0.717) is 56.6 Å². The lowest BCUT2D eigenvalue weighted by atomic mass is 10.1. The van der Waals surface area contributed by atoms with Gasteiger partial charge in [0.05, 0.1) is 50.0 Å². The number of carbonyl (C=O) groups excluding carboxylic acids is 2. The summed E-state index contributed by atoms with van der Waals surface area (Å²) in [6.07, 6.45) is 0.992. The molecule has 1 heterocycles. The van der Waals surface area contributed by atoms with Crippen molar-refractivity contribution >= 4 is 44.7 Å². The molecule has 0 saturated carbocycles. The molecule has 0 bridgehead atoms. The highest BCUT2D eigenvalue weighted by Gasteiger charge is 2.16. The average molecular weight is 494 g/mol. The van der Waals surface area contributed by atoms with Crippen molar-refractivity contribution < 1.29 is 23.8 Å². The summed E-state index contributed by atoms with van der Waals surface area (Å²) in [7, 11) is 0. The van der Waals surface area contributed by atoms with E-state index in [1.165, 1.54) is 6.92 Å². The summed E-state index contributed by atoms with van der Waals surface area (Å²) in [5.74, 6) is -0.780. The third-order valence-corrected chi connectivity index (χ3v) is 5.27. The van der Waals surface area contributed by atoms with Crippen LogP contribution in [0, 0.1) is 11.8 Å². The van der Waals surface area contributed by atoms with Gasteiger partial charge in [0.25, 0.3) is 5.91 Å². The first-order chi connectivity index (χ1) is 16.4. The third kappa shape index (κ3) is 9.51. The van der Waals surface area contributed by atoms with Crippen molar-refractivity contribution in [3.8, 4) is 0 Å². The summed E-state index contributed by atoms with van der Waals surface area (Å²) in [5.41, 5.74) is 1.75. The lowest BCUT2D eigenvalue weighted by Crippen LogP contribution is -2.17. The molecule has 0 unspecified atom stereocenters. The smallest absolute Gasteiger partial charge is 0.259 e. The van der Waals surface area contributed by atoms with Crippen molar-refractivity contribution in [1.82, 2.24) is 4.98 Å². The van der Waals surface area contributed by atoms with Crippen LogP contribution in [-0.4, -0.2) is 63.0 Å². The molecule has 3 N–H and O–H groups in total. The first-order valence-corrected chi connectivity index (χ1v) is 11.8. The van der Waals surface area contributed by atoms with Crippen LogP contribution in [-0.2, 0) is 19.0 Å². The van der Waals surface area contributed by atoms with Crippen molar-refractivity contribution in [1.29, 1.82) is 0 Å². The van der Waals surface area contributed by atoms with Crippen LogP contribution in [0.4, 0.5) is 21.5 Å². The van der Waals surface area contributed by atoms with E-state index >= 15 is 0 Å². The highest BCUT2D eigenvalue weighted by molar-refractivity contribution is 7.19. The predicted molar refractivity (Wildman–Crippen MR) is 132 cm³/mol. The van der Waals surface area contributed by atoms with Crippen molar-refractivity contribution in [2.24, 2.45) is 5.18 Å². The van der Waals surface area contributed by atoms with E-state index in [2.05, 4.69) is 33.0 Å². The third-order valence-electron chi connectivity index (χ3n) is 4.32. The highest BCUT2D eigenvalue weighted by Crippen LogP contribution is 2.31. The lowest BCUT2D eigenvalue weighted by Gasteiger charge is -2.13. The molecule has 0 fully saturated rings. The number of nitrogens with zero attached hydrogens (tertiary/aromatic N) is 2. The number of nitrogens with one attached hydrogen (secondary N) is 3. The molecule has 1 aromatic carbocycles. The molecule has 0 radical (unpaired) electrons. The van der Waals surface area contributed by atoms with Gasteiger partial charge in [0.15, 0.2) is 10.1 Å². The molecule has 34 heavy (non-hydrogen) atoms. The fraction of sp³-hybridized carbons (Fsp3) is 0.500. The van der Waals surface area contributed by atoms with Crippen molar-refractivity contribution in [2.75, 3.05) is 62.1 Å². The molecule has 0 atom stereocenters. The lowest BCUT2D eigenvalue weighted by molar-refractivity contribution is -0.114. The van der Waals surface area contributed by atoms with Gasteiger partial charge in [0.1, 0.15) is 0 Å². The van der Waals surface area contributed by atoms with Gasteiger partial charge in [-0.1, -0.05) is 18.3 Å². The van der Waals surface area contributed by atoms with Gasteiger partial charge in [0.2, 0.25) is 5.91 Å². The zero-order valence-electron chi connectivity index (χ0n) is 19.6. The molecule has 0 aliphatic rings. The van der Waals surface area contributed by atoms with Crippen LogP contribution in [0.5, 0.6) is 0 Å². The SMILES string of the molecule is CCCOCCOCCOCCNc1ccc(C(=O)Nc2nc(C)c(N=O)s2)c(NC(C)=O)c1. The van der Waals surface area contributed by atoms with Crippen molar-refractivity contribution in [3.05, 3.63) is 34.4 Å². The van der Waals surface area contributed by atoms with Crippen LogP contribution in [0.2, 0.25) is 0 Å². The molecule has 2 amide bonds. The Morgan fingerprint density at radius 1 is 1.03 bits per heavy atom. The fourth-order valence-electron chi connectivity index (χ4n) is 2.79. The number of anilines is 3. The number of thiazole rings is 1. The highest BCUT2D eigenvalue weighted by atomic mass is 32.1. The van der Waals surface area contributed by atoms with Crippen LogP contribution >= 0.6 is 11.3 Å². The van der Waals surface area contributed by atoms with E-state index in [4.69, 9.17) is 14.2 Å². The number of hydrogen-bond donors (Lipinski definition) is 3. The topological polar surface area (TPSA) is 140 Å². The van der Waals surface area contributed by atoms with Gasteiger partial charge in [-0.25, -0.2) is 4.98 Å². The number of benzene rings is 1. The Hall–Kier alpha value is -2.93. The molecule has 0 spiro atoms. The summed E-state index contributed by atoms with van der Waals surface area (Å²) in [6.45, 7) is 8.89. The van der Waals surface area contributed by atoms with E-state index in [1.54, 1.807) is 25.1 Å². The molecule has 11 nitrogen and oxygen atoms in total. The van der Waals surface area contributed by atoms with Gasteiger partial charge >= 0.3 is 0 Å². The van der Waals surface area contributed by atoms with E-state index in [1.807, 2.05) is 0 Å². The van der Waals surface area contributed by atoms with Crippen LogP contribution in [0.3, 0.4) is 0 Å². The summed E-state index contributed by atoms with van der Waals surface area (Å²) in [4.78, 5) is 39.2. The molecule has 1 aromatic heterocycles. The molecular weight excluding hydrogens is 462 g/mol. The minimum Gasteiger partial charge on any atom is -0.383 e. The second-order valence-corrected chi connectivity index (χ2v) is 8.14. The predicted octanol–water partition coefficient (Wildman–Crippen LogP) is 3.93. The number of aryl methyl sites for hydroxylation is 1. The Labute approximate surface area is 202 Å². The molecule has 0 aliphatic heterocycles. The molecule has 0 aliphatic carbocycles. The molecule has 12 heteroatoms. The minimum atomic E-state index is -0.468. The number of rotatable bonds is 16. The normalized spacial score (nSPS) is 10.7. The van der Waals surface area contributed by atoms with E-state index < -0.39 is 5.91 Å². The van der Waals surface area contributed by atoms with Gasteiger partial charge in [-0.05, 0) is 36.7 Å². The Bertz CT molecular complexity index is 952. The standard InChI is InChI=1S/C22H31N5O6S/c1-4-8-31-10-12-33-13-11-32-9-7-23-17-5-6-18(19(14-17)25-16(3)28)20(29)26-22-24-15(2)21(27-30)34-22/h5-6,14,23H,4,7-13H2,1-3H3,(H,25,28)(H,24,26,29). The molecular formula is C22H31N5O6S. The van der Waals surface area contributed by atoms with E-state index in [-0.39, 0.29) is 21.6 Å². The zero-order chi connectivity index (χ0) is 24.8. The monoisotopic (exact) mass is 493 g/mol. The Balaban J connectivity index is 1.83. The van der Waals surface area contributed by atoms with Crippen LogP contribution in [0.15, 0.2) is 23.4 Å². The maximum Gasteiger partial charge on any atom is 0.259 e. The first kappa shape index (κ1) is 27.3. The molecule has 2 aromatic rings. The molecule has 2 rings (SSSR count). The zero-order valence-corrected chi connectivity index (χ0v) is 20.5. The number of carbonyl (C=O) groups is 2. The summed E-state index contributed by atoms with van der Waals surface area (Å²) in [6, 6.07) is 4.99. The van der Waals surface area contributed by atoms with Gasteiger partial charge < -0.3 is 24.8 Å². The first-order valence-electron chi connectivity index (χ1n) is 11.0. The summed E-state index contributed by atoms with van der Waals surface area (Å²) in [5, 5.41) is 11.8. The molecule has 186 valence electrons. The Morgan fingerprint density at radius 3 is 2.32 bits per heavy atom. The largest absolute Gasteiger partial charge is 0.383 e. The van der Waals surface area contributed by atoms with Crippen LogP contribution in [0.25, 0.3) is 0 Å². The number of aromatic nitrogens is 1. The van der Waals surface area contributed by atoms with E-state index in [9.17, 15) is 14.5 Å². The number of ether oxygens (including phenoxy) is 3. The number of amides is 2. The number of hydrogen-bond acceptors (Lipinski definition) is 10. The second-order valence-electron chi connectivity index (χ2n) is 7.16. The summed E-state index contributed by atoms with van der Waals surface area (Å²) >= 11 is 0.979. The quantitative estimate of drug-likeness (QED) is 0.236. The summed E-state index contributed by atoms with van der Waals surface area (Å²) < 4.78 is 16.3. The van der Waals surface area contributed by atoms with E-state index in [0.717, 1.165) is 24.4 Å². The van der Waals surface area contributed by atoms with Crippen LogP contribution in [0.1, 0.15) is 36.3 Å². The second kappa shape index (κ2) is 15.1. The van der Waals surface area contributed by atoms with Gasteiger partial charge in [-0.3, -0.25) is 14.9 Å². The Kier molecular flexibility index (Phi) is 12.1. The fourth-order valence-corrected chi connectivity index (χ4v) is 3.53. The van der Waals surface area contributed by atoms with Gasteiger partial charge in [0, 0.05) is 25.8 Å². The van der Waals surface area contributed by atoms with Crippen LogP contribution < -0.4 is 16.0 Å². The number of nitroso groups, excluding NO2 is 1.